The second-order valence-corrected chi connectivity index (χ2v) is 5.73. The minimum atomic E-state index is -0.649. The van der Waals surface area contributed by atoms with Crippen molar-refractivity contribution >= 4 is 17.3 Å². The van der Waals surface area contributed by atoms with Gasteiger partial charge >= 0.3 is 0 Å². The summed E-state index contributed by atoms with van der Waals surface area (Å²) in [7, 11) is 0. The standard InChI is InChI=1S/C13H16ClF2N/c1-13(2)5-3-4-11(13)17-12-9(14)6-8(15)7-10(12)16/h6-7,11,17H,3-5H2,1-2H3. The van der Waals surface area contributed by atoms with E-state index in [2.05, 4.69) is 19.2 Å². The van der Waals surface area contributed by atoms with Gasteiger partial charge in [-0.2, -0.15) is 0 Å². The molecule has 1 aromatic rings. The van der Waals surface area contributed by atoms with Crippen molar-refractivity contribution in [1.82, 2.24) is 0 Å². The Bertz CT molecular complexity index is 408. The van der Waals surface area contributed by atoms with E-state index >= 15 is 0 Å². The summed E-state index contributed by atoms with van der Waals surface area (Å²) in [6, 6.07) is 2.17. The lowest BCUT2D eigenvalue weighted by atomic mass is 9.87. The van der Waals surface area contributed by atoms with E-state index in [1.165, 1.54) is 0 Å². The molecule has 1 N–H and O–H groups in total. The van der Waals surface area contributed by atoms with E-state index in [0.29, 0.717) is 0 Å². The number of hydrogen-bond acceptors (Lipinski definition) is 1. The monoisotopic (exact) mass is 259 g/mol. The van der Waals surface area contributed by atoms with Gasteiger partial charge in [0.15, 0.2) is 5.82 Å². The van der Waals surface area contributed by atoms with Crippen LogP contribution in [0.1, 0.15) is 33.1 Å². The molecular weight excluding hydrogens is 244 g/mol. The Morgan fingerprint density at radius 1 is 1.35 bits per heavy atom. The van der Waals surface area contributed by atoms with Gasteiger partial charge in [0.2, 0.25) is 0 Å². The van der Waals surface area contributed by atoms with Crippen LogP contribution < -0.4 is 5.32 Å². The minimum Gasteiger partial charge on any atom is -0.378 e. The average Bonchev–Trinajstić information content (AvgIpc) is 2.51. The fourth-order valence-corrected chi connectivity index (χ4v) is 2.70. The van der Waals surface area contributed by atoms with Crippen LogP contribution in [0.15, 0.2) is 12.1 Å². The molecule has 17 heavy (non-hydrogen) atoms. The van der Waals surface area contributed by atoms with Gasteiger partial charge in [-0.3, -0.25) is 0 Å². The van der Waals surface area contributed by atoms with E-state index in [1.54, 1.807) is 0 Å². The molecule has 0 amide bonds. The smallest absolute Gasteiger partial charge is 0.150 e. The van der Waals surface area contributed by atoms with Crippen LogP contribution in [0.25, 0.3) is 0 Å². The first kappa shape index (κ1) is 12.6. The van der Waals surface area contributed by atoms with Gasteiger partial charge in [-0.05, 0) is 24.3 Å². The highest BCUT2D eigenvalue weighted by Gasteiger charge is 2.35. The maximum absolute atomic E-state index is 13.6. The number of hydrogen-bond donors (Lipinski definition) is 1. The van der Waals surface area contributed by atoms with E-state index < -0.39 is 11.6 Å². The number of rotatable bonds is 2. The van der Waals surface area contributed by atoms with Crippen LogP contribution in [0.4, 0.5) is 14.5 Å². The van der Waals surface area contributed by atoms with E-state index in [9.17, 15) is 8.78 Å². The molecule has 1 aliphatic rings. The molecule has 2 rings (SSSR count). The molecular formula is C13H16ClF2N. The molecule has 0 spiro atoms. The summed E-state index contributed by atoms with van der Waals surface area (Å²) in [5, 5.41) is 3.22. The molecule has 0 aromatic heterocycles. The molecule has 0 radical (unpaired) electrons. The van der Waals surface area contributed by atoms with Crippen LogP contribution >= 0.6 is 11.6 Å². The number of anilines is 1. The first-order chi connectivity index (χ1) is 7.90. The van der Waals surface area contributed by atoms with Gasteiger partial charge < -0.3 is 5.32 Å². The zero-order valence-electron chi connectivity index (χ0n) is 9.99. The molecule has 0 heterocycles. The molecule has 1 nitrogen and oxygen atoms in total. The summed E-state index contributed by atoms with van der Waals surface area (Å²) in [4.78, 5) is 0. The first-order valence-corrected chi connectivity index (χ1v) is 6.19. The van der Waals surface area contributed by atoms with E-state index in [-0.39, 0.29) is 22.2 Å². The summed E-state index contributed by atoms with van der Waals surface area (Å²) in [5.41, 5.74) is 0.331. The summed E-state index contributed by atoms with van der Waals surface area (Å²) < 4.78 is 26.6. The Balaban J connectivity index is 2.25. The highest BCUT2D eigenvalue weighted by atomic mass is 35.5. The van der Waals surface area contributed by atoms with Gasteiger partial charge in [-0.25, -0.2) is 8.78 Å². The number of halogens is 3. The van der Waals surface area contributed by atoms with Crippen molar-refractivity contribution in [2.24, 2.45) is 5.41 Å². The van der Waals surface area contributed by atoms with Crippen LogP contribution in [-0.2, 0) is 0 Å². The van der Waals surface area contributed by atoms with Crippen LogP contribution in [0.2, 0.25) is 5.02 Å². The lowest BCUT2D eigenvalue weighted by Gasteiger charge is -2.29. The van der Waals surface area contributed by atoms with Gasteiger partial charge in [-0.15, -0.1) is 0 Å². The van der Waals surface area contributed by atoms with Crippen molar-refractivity contribution in [1.29, 1.82) is 0 Å². The summed E-state index contributed by atoms with van der Waals surface area (Å²) >= 11 is 5.86. The summed E-state index contributed by atoms with van der Waals surface area (Å²) in [5.74, 6) is -1.28. The molecule has 0 saturated heterocycles. The van der Waals surface area contributed by atoms with Gasteiger partial charge in [0.25, 0.3) is 0 Å². The Morgan fingerprint density at radius 2 is 2.06 bits per heavy atom. The fourth-order valence-electron chi connectivity index (χ4n) is 2.45. The molecule has 0 bridgehead atoms. The SMILES string of the molecule is CC1(C)CCCC1Nc1c(F)cc(F)cc1Cl. The quantitative estimate of drug-likeness (QED) is 0.818. The average molecular weight is 260 g/mol. The molecule has 1 fully saturated rings. The van der Waals surface area contributed by atoms with Gasteiger partial charge in [0.05, 0.1) is 10.7 Å². The predicted octanol–water partition coefficient (Wildman–Crippen LogP) is 4.61. The second kappa shape index (κ2) is 4.45. The topological polar surface area (TPSA) is 12.0 Å². The van der Waals surface area contributed by atoms with Gasteiger partial charge in [-0.1, -0.05) is 31.9 Å². The van der Waals surface area contributed by atoms with E-state index in [1.807, 2.05) is 0 Å². The lowest BCUT2D eigenvalue weighted by Crippen LogP contribution is -2.31. The van der Waals surface area contributed by atoms with Crippen molar-refractivity contribution in [2.75, 3.05) is 5.32 Å². The zero-order valence-corrected chi connectivity index (χ0v) is 10.7. The minimum absolute atomic E-state index is 0.102. The molecule has 1 saturated carbocycles. The normalized spacial score (nSPS) is 22.8. The number of benzene rings is 1. The number of nitrogens with one attached hydrogen (secondary N) is 1. The Hall–Kier alpha value is -0.830. The van der Waals surface area contributed by atoms with Gasteiger partial charge in [0, 0.05) is 12.1 Å². The first-order valence-electron chi connectivity index (χ1n) is 5.81. The molecule has 1 aliphatic carbocycles. The Kier molecular flexibility index (Phi) is 3.30. The van der Waals surface area contributed by atoms with Crippen LogP contribution in [0, 0.1) is 17.0 Å². The highest BCUT2D eigenvalue weighted by Crippen LogP contribution is 2.40. The van der Waals surface area contributed by atoms with E-state index in [4.69, 9.17) is 11.6 Å². The molecule has 4 heteroatoms. The molecule has 1 unspecified atom stereocenters. The fraction of sp³-hybridized carbons (Fsp3) is 0.538. The summed E-state index contributed by atoms with van der Waals surface area (Å²) in [6.07, 6.45) is 3.20. The van der Waals surface area contributed by atoms with Gasteiger partial charge in [0.1, 0.15) is 5.82 Å². The Labute approximate surface area is 105 Å². The lowest BCUT2D eigenvalue weighted by molar-refractivity contribution is 0.349. The zero-order chi connectivity index (χ0) is 12.6. The third-order valence-electron chi connectivity index (χ3n) is 3.58. The van der Waals surface area contributed by atoms with Crippen molar-refractivity contribution in [2.45, 2.75) is 39.2 Å². The maximum atomic E-state index is 13.6. The molecule has 1 atom stereocenters. The molecule has 0 aliphatic heterocycles. The second-order valence-electron chi connectivity index (χ2n) is 5.32. The molecule has 94 valence electrons. The van der Waals surface area contributed by atoms with Crippen molar-refractivity contribution in [3.05, 3.63) is 28.8 Å². The largest absolute Gasteiger partial charge is 0.378 e. The third kappa shape index (κ3) is 2.54. The summed E-state index contributed by atoms with van der Waals surface area (Å²) in [6.45, 7) is 4.29. The molecule has 1 aromatic carbocycles. The van der Waals surface area contributed by atoms with Crippen LogP contribution in [0.3, 0.4) is 0 Å². The van der Waals surface area contributed by atoms with Crippen molar-refractivity contribution in [3.8, 4) is 0 Å². The van der Waals surface area contributed by atoms with Crippen LogP contribution in [0.5, 0.6) is 0 Å². The van der Waals surface area contributed by atoms with Crippen molar-refractivity contribution in [3.63, 3.8) is 0 Å². The predicted molar refractivity (Wildman–Crippen MR) is 66.4 cm³/mol. The Morgan fingerprint density at radius 3 is 2.59 bits per heavy atom. The maximum Gasteiger partial charge on any atom is 0.150 e. The highest BCUT2D eigenvalue weighted by molar-refractivity contribution is 6.33. The van der Waals surface area contributed by atoms with Crippen molar-refractivity contribution < 1.29 is 8.78 Å². The van der Waals surface area contributed by atoms with Crippen LogP contribution in [-0.4, -0.2) is 6.04 Å². The third-order valence-corrected chi connectivity index (χ3v) is 3.88. The van der Waals surface area contributed by atoms with E-state index in [0.717, 1.165) is 31.4 Å².